The van der Waals surface area contributed by atoms with Crippen LogP contribution in [0.1, 0.15) is 17.4 Å². The second-order valence-corrected chi connectivity index (χ2v) is 3.22. The maximum atomic E-state index is 9.71. The number of nitrogens with zero attached hydrogens (tertiary/aromatic N) is 2. The van der Waals surface area contributed by atoms with Crippen molar-refractivity contribution in [2.45, 2.75) is 12.5 Å². The van der Waals surface area contributed by atoms with Crippen LogP contribution < -0.4 is 0 Å². The minimum atomic E-state index is -0.735. The van der Waals surface area contributed by atoms with Crippen molar-refractivity contribution in [1.29, 1.82) is 0 Å². The third-order valence-electron chi connectivity index (χ3n) is 2.09. The average Bonchev–Trinajstić information content (AvgIpc) is 2.74. The molecule has 1 unspecified atom stereocenters. The number of aromatic hydroxyl groups is 1. The zero-order valence-electron chi connectivity index (χ0n) is 7.87. The van der Waals surface area contributed by atoms with E-state index in [-0.39, 0.29) is 5.75 Å². The van der Waals surface area contributed by atoms with Crippen LogP contribution in [0.2, 0.25) is 0 Å². The predicted molar refractivity (Wildman–Crippen MR) is 51.1 cm³/mol. The SMILES string of the molecule is Oc1ccc(CC(O)c2cnon2)cc1. The molecule has 0 bridgehead atoms. The van der Waals surface area contributed by atoms with E-state index in [0.29, 0.717) is 12.1 Å². The van der Waals surface area contributed by atoms with Gasteiger partial charge in [-0.25, -0.2) is 4.63 Å². The van der Waals surface area contributed by atoms with Gasteiger partial charge in [0.05, 0.1) is 6.20 Å². The largest absolute Gasteiger partial charge is 0.508 e. The fourth-order valence-electron chi connectivity index (χ4n) is 1.28. The van der Waals surface area contributed by atoms with Crippen molar-refractivity contribution in [1.82, 2.24) is 10.3 Å². The van der Waals surface area contributed by atoms with Crippen molar-refractivity contribution >= 4 is 0 Å². The number of hydrogen-bond acceptors (Lipinski definition) is 5. The molecule has 0 radical (unpaired) electrons. The Morgan fingerprint density at radius 1 is 1.27 bits per heavy atom. The van der Waals surface area contributed by atoms with E-state index in [9.17, 15) is 5.11 Å². The van der Waals surface area contributed by atoms with Gasteiger partial charge in [0.2, 0.25) is 0 Å². The van der Waals surface area contributed by atoms with Crippen molar-refractivity contribution in [3.05, 3.63) is 41.7 Å². The van der Waals surface area contributed by atoms with E-state index in [0.717, 1.165) is 5.56 Å². The molecule has 0 fully saturated rings. The van der Waals surface area contributed by atoms with Gasteiger partial charge in [-0.3, -0.25) is 0 Å². The van der Waals surface area contributed by atoms with Gasteiger partial charge in [0, 0.05) is 6.42 Å². The van der Waals surface area contributed by atoms with Crippen molar-refractivity contribution in [3.8, 4) is 5.75 Å². The molecule has 0 spiro atoms. The van der Waals surface area contributed by atoms with E-state index in [4.69, 9.17) is 5.11 Å². The summed E-state index contributed by atoms with van der Waals surface area (Å²) in [6.45, 7) is 0. The first kappa shape index (κ1) is 9.67. The summed E-state index contributed by atoms with van der Waals surface area (Å²) in [6.07, 6.45) is 1.06. The first-order chi connectivity index (χ1) is 7.25. The summed E-state index contributed by atoms with van der Waals surface area (Å²) in [5.74, 6) is 0.205. The summed E-state index contributed by atoms with van der Waals surface area (Å²) in [7, 11) is 0. The van der Waals surface area contributed by atoms with Gasteiger partial charge < -0.3 is 10.2 Å². The van der Waals surface area contributed by atoms with Gasteiger partial charge in [0.25, 0.3) is 0 Å². The first-order valence-corrected chi connectivity index (χ1v) is 4.49. The van der Waals surface area contributed by atoms with Crippen molar-refractivity contribution in [2.75, 3.05) is 0 Å². The van der Waals surface area contributed by atoms with E-state index in [1.54, 1.807) is 24.3 Å². The van der Waals surface area contributed by atoms with Gasteiger partial charge in [0.1, 0.15) is 17.5 Å². The minimum Gasteiger partial charge on any atom is -0.508 e. The van der Waals surface area contributed by atoms with Crippen LogP contribution in [0.25, 0.3) is 0 Å². The molecular weight excluding hydrogens is 196 g/mol. The second-order valence-electron chi connectivity index (χ2n) is 3.22. The van der Waals surface area contributed by atoms with E-state index in [1.807, 2.05) is 0 Å². The molecule has 78 valence electrons. The first-order valence-electron chi connectivity index (χ1n) is 4.49. The van der Waals surface area contributed by atoms with Gasteiger partial charge in [-0.2, -0.15) is 0 Å². The molecule has 0 aliphatic carbocycles. The zero-order valence-corrected chi connectivity index (χ0v) is 7.87. The molecule has 5 nitrogen and oxygen atoms in total. The third kappa shape index (κ3) is 2.32. The zero-order chi connectivity index (χ0) is 10.7. The molecular formula is C10H10N2O3. The fourth-order valence-corrected chi connectivity index (χ4v) is 1.28. The third-order valence-corrected chi connectivity index (χ3v) is 2.09. The standard InChI is InChI=1S/C10H10N2O3/c13-8-3-1-7(2-4-8)5-10(14)9-6-11-15-12-9/h1-4,6,10,13-14H,5H2. The van der Waals surface area contributed by atoms with Crippen LogP contribution in [-0.2, 0) is 6.42 Å². The Bertz CT molecular complexity index is 411. The fraction of sp³-hybridized carbons (Fsp3) is 0.200. The van der Waals surface area contributed by atoms with Crippen LogP contribution in [-0.4, -0.2) is 20.5 Å². The lowest BCUT2D eigenvalue weighted by Gasteiger charge is -2.06. The second kappa shape index (κ2) is 4.10. The molecule has 2 N–H and O–H groups in total. The predicted octanol–water partition coefficient (Wildman–Crippen LogP) is 1.05. The van der Waals surface area contributed by atoms with Crippen LogP contribution in [0.15, 0.2) is 35.1 Å². The summed E-state index contributed by atoms with van der Waals surface area (Å²) < 4.78 is 4.39. The number of rotatable bonds is 3. The van der Waals surface area contributed by atoms with Crippen LogP contribution >= 0.6 is 0 Å². The average molecular weight is 206 g/mol. The Morgan fingerprint density at radius 3 is 2.60 bits per heavy atom. The summed E-state index contributed by atoms with van der Waals surface area (Å²) in [6, 6.07) is 6.63. The molecule has 0 amide bonds. The van der Waals surface area contributed by atoms with Gasteiger partial charge in [0.15, 0.2) is 0 Å². The molecule has 2 aromatic rings. The number of aromatic nitrogens is 2. The topological polar surface area (TPSA) is 79.4 Å². The highest BCUT2D eigenvalue weighted by atomic mass is 16.6. The van der Waals surface area contributed by atoms with E-state index >= 15 is 0 Å². The van der Waals surface area contributed by atoms with Crippen LogP contribution in [0.4, 0.5) is 0 Å². The smallest absolute Gasteiger partial charge is 0.133 e. The monoisotopic (exact) mass is 206 g/mol. The van der Waals surface area contributed by atoms with Crippen molar-refractivity contribution in [3.63, 3.8) is 0 Å². The van der Waals surface area contributed by atoms with Gasteiger partial charge in [-0.15, -0.1) is 0 Å². The highest BCUT2D eigenvalue weighted by molar-refractivity contribution is 5.26. The molecule has 1 aromatic carbocycles. The quantitative estimate of drug-likeness (QED) is 0.784. The number of aliphatic hydroxyl groups excluding tert-OH is 1. The maximum absolute atomic E-state index is 9.71. The van der Waals surface area contributed by atoms with E-state index in [2.05, 4.69) is 14.9 Å². The van der Waals surface area contributed by atoms with E-state index < -0.39 is 6.10 Å². The molecule has 0 saturated heterocycles. The number of aliphatic hydroxyl groups is 1. The van der Waals surface area contributed by atoms with Crippen LogP contribution in [0.5, 0.6) is 5.75 Å². The van der Waals surface area contributed by atoms with Crippen LogP contribution in [0, 0.1) is 0 Å². The molecule has 5 heteroatoms. The highest BCUT2D eigenvalue weighted by Crippen LogP contribution is 2.17. The number of phenolic OH excluding ortho intramolecular Hbond substituents is 1. The molecule has 0 saturated carbocycles. The Balaban J connectivity index is 2.06. The molecule has 1 heterocycles. The minimum absolute atomic E-state index is 0.205. The Labute approximate surface area is 85.9 Å². The van der Waals surface area contributed by atoms with Crippen LogP contribution in [0.3, 0.4) is 0 Å². The molecule has 2 rings (SSSR count). The number of phenols is 1. The van der Waals surface area contributed by atoms with Crippen molar-refractivity contribution < 1.29 is 14.8 Å². The summed E-state index contributed by atoms with van der Waals surface area (Å²) in [4.78, 5) is 0. The van der Waals surface area contributed by atoms with Crippen molar-refractivity contribution in [2.24, 2.45) is 0 Å². The lowest BCUT2D eigenvalue weighted by atomic mass is 10.1. The van der Waals surface area contributed by atoms with E-state index in [1.165, 1.54) is 6.20 Å². The Kier molecular flexibility index (Phi) is 2.64. The molecule has 1 aromatic heterocycles. The Hall–Kier alpha value is -1.88. The highest BCUT2D eigenvalue weighted by Gasteiger charge is 2.12. The van der Waals surface area contributed by atoms with Gasteiger partial charge in [-0.05, 0) is 17.7 Å². The molecule has 0 aliphatic rings. The lowest BCUT2D eigenvalue weighted by molar-refractivity contribution is 0.166. The van der Waals surface area contributed by atoms with Gasteiger partial charge in [-0.1, -0.05) is 22.4 Å². The maximum Gasteiger partial charge on any atom is 0.133 e. The summed E-state index contributed by atoms with van der Waals surface area (Å²) >= 11 is 0. The molecule has 0 aliphatic heterocycles. The summed E-state index contributed by atoms with van der Waals surface area (Å²) in [5, 5.41) is 25.7. The molecule has 1 atom stereocenters. The molecule has 15 heavy (non-hydrogen) atoms. The normalized spacial score (nSPS) is 12.6. The summed E-state index contributed by atoms with van der Waals surface area (Å²) in [5.41, 5.74) is 1.31. The van der Waals surface area contributed by atoms with Gasteiger partial charge >= 0.3 is 0 Å². The number of hydrogen-bond donors (Lipinski definition) is 2. The number of benzene rings is 1. The lowest BCUT2D eigenvalue weighted by Crippen LogP contribution is -2.01. The Morgan fingerprint density at radius 2 is 2.00 bits per heavy atom.